The first-order chi connectivity index (χ1) is 44.2. The van der Waals surface area contributed by atoms with E-state index in [-0.39, 0.29) is 10.9 Å². The Bertz CT molecular complexity index is 4080. The average molecular weight is 1360 g/mol. The Balaban J connectivity index is 0.000000151. The lowest BCUT2D eigenvalue weighted by molar-refractivity contribution is 0.686. The van der Waals surface area contributed by atoms with Crippen molar-refractivity contribution in [2.24, 2.45) is 0 Å². The summed E-state index contributed by atoms with van der Waals surface area (Å²) in [5.74, 6) is 0. The maximum Gasteiger partial charge on any atom is 0.160 e. The van der Waals surface area contributed by atoms with Crippen molar-refractivity contribution >= 4 is 102 Å². The van der Waals surface area contributed by atoms with Gasteiger partial charge in [-0.05, 0) is 248 Å². The molecule has 12 aromatic rings. The van der Waals surface area contributed by atoms with Gasteiger partial charge < -0.3 is 0 Å². The zero-order chi connectivity index (χ0) is 63.9. The van der Waals surface area contributed by atoms with Crippen LogP contribution in [0, 0.1) is 13.8 Å². The fourth-order valence-corrected chi connectivity index (χ4v) is 15.9. The molecule has 3 atom stereocenters. The molecule has 2 nitrogen and oxygen atoms in total. The molecule has 458 valence electrons. The van der Waals surface area contributed by atoms with Crippen LogP contribution in [-0.4, -0.2) is 46.0 Å². The monoisotopic (exact) mass is 1350 g/mol. The molecule has 0 N–H and O–H groups in total. The van der Waals surface area contributed by atoms with Gasteiger partial charge in [-0.25, -0.2) is 0 Å². The lowest BCUT2D eigenvalue weighted by Crippen LogP contribution is -2.00. The van der Waals surface area contributed by atoms with Crippen LogP contribution in [0.4, 0.5) is 0 Å². The molecular weight excluding hydrogens is 1280 g/mol. The van der Waals surface area contributed by atoms with E-state index in [1.165, 1.54) is 93.5 Å². The van der Waals surface area contributed by atoms with E-state index in [4.69, 9.17) is 0 Å². The molecule has 0 aromatic heterocycles. The minimum atomic E-state index is -0.935. The first kappa shape index (κ1) is 68.7. The van der Waals surface area contributed by atoms with Gasteiger partial charge >= 0.3 is 0 Å². The SMILES string of the molecule is CS(=O)c1ccc(Sc2ccc(S(C)=O)cc2)cc1.CSc1ccc(-c2ccc(Sc3ccc(Sc4ccc(C)cc4)cc3)cc2)cc1.Cc1ccc(Sc2ccc([S+](C)c3ccc(-c4ccc([S+](C)C)cc4)cc3)cc2)cc1.c1ccc(-c2ccccc2)cc1. The predicted octanol–water partition coefficient (Wildman–Crippen LogP) is 23.1. The molecule has 0 aliphatic rings. The van der Waals surface area contributed by atoms with Crippen LogP contribution in [0.2, 0.25) is 0 Å². The average Bonchev–Trinajstić information content (AvgIpc) is 2.08. The minimum Gasteiger partial charge on any atom is -0.255 e. The smallest absolute Gasteiger partial charge is 0.160 e. The van der Waals surface area contributed by atoms with Crippen LogP contribution >= 0.6 is 58.8 Å². The zero-order valence-electron chi connectivity index (χ0n) is 52.4. The van der Waals surface area contributed by atoms with Gasteiger partial charge in [0, 0.05) is 98.9 Å². The van der Waals surface area contributed by atoms with Crippen molar-refractivity contribution in [3.8, 4) is 33.4 Å². The van der Waals surface area contributed by atoms with Gasteiger partial charge in [0.05, 0.1) is 10.9 Å². The second-order valence-electron chi connectivity index (χ2n) is 21.2. The molecule has 3 unspecified atom stereocenters. The van der Waals surface area contributed by atoms with Crippen molar-refractivity contribution in [3.05, 3.63) is 314 Å². The van der Waals surface area contributed by atoms with E-state index in [0.717, 1.165) is 19.6 Å². The third-order valence-electron chi connectivity index (χ3n) is 14.3. The Morgan fingerprint density at radius 2 is 0.484 bits per heavy atom. The molecular formula is C80H74O2S9+2. The Morgan fingerprint density at radius 3 is 0.769 bits per heavy atom. The van der Waals surface area contributed by atoms with Crippen molar-refractivity contribution in [3.63, 3.8) is 0 Å². The third-order valence-corrected chi connectivity index (χ3v) is 24.2. The van der Waals surface area contributed by atoms with Gasteiger partial charge in [-0.1, -0.05) is 167 Å². The van der Waals surface area contributed by atoms with Crippen molar-refractivity contribution in [1.82, 2.24) is 0 Å². The molecule has 12 rings (SSSR count). The van der Waals surface area contributed by atoms with Crippen LogP contribution in [0.1, 0.15) is 11.1 Å². The van der Waals surface area contributed by atoms with Gasteiger partial charge in [-0.15, -0.1) is 11.8 Å². The van der Waals surface area contributed by atoms with Gasteiger partial charge in [0.25, 0.3) is 0 Å². The van der Waals surface area contributed by atoms with Crippen molar-refractivity contribution in [1.29, 1.82) is 0 Å². The summed E-state index contributed by atoms with van der Waals surface area (Å²) in [4.78, 5) is 17.0. The summed E-state index contributed by atoms with van der Waals surface area (Å²) < 4.78 is 22.6. The molecule has 0 spiro atoms. The molecule has 0 bridgehead atoms. The van der Waals surface area contributed by atoms with E-state index in [9.17, 15) is 8.42 Å². The first-order valence-electron chi connectivity index (χ1n) is 29.4. The van der Waals surface area contributed by atoms with Crippen LogP contribution in [0.15, 0.2) is 372 Å². The molecule has 91 heavy (non-hydrogen) atoms. The molecule has 12 aromatic carbocycles. The summed E-state index contributed by atoms with van der Waals surface area (Å²) in [7, 11) is -1.50. The van der Waals surface area contributed by atoms with Crippen molar-refractivity contribution in [2.75, 3.05) is 37.5 Å². The Labute approximate surface area is 573 Å². The van der Waals surface area contributed by atoms with Crippen molar-refractivity contribution in [2.45, 2.75) is 82.4 Å². The maximum absolute atomic E-state index is 11.3. The lowest BCUT2D eigenvalue weighted by atomic mass is 10.1. The van der Waals surface area contributed by atoms with Gasteiger partial charge in [0.1, 0.15) is 18.8 Å². The fourth-order valence-electron chi connectivity index (χ4n) is 9.11. The highest BCUT2D eigenvalue weighted by Crippen LogP contribution is 2.36. The highest BCUT2D eigenvalue weighted by atomic mass is 32.2. The normalized spacial score (nSPS) is 11.8. The van der Waals surface area contributed by atoms with E-state index < -0.39 is 21.6 Å². The first-order valence-corrected chi connectivity index (χ1v) is 40.7. The summed E-state index contributed by atoms with van der Waals surface area (Å²) >= 11 is 8.83. The van der Waals surface area contributed by atoms with Crippen LogP contribution in [0.3, 0.4) is 0 Å². The van der Waals surface area contributed by atoms with E-state index >= 15 is 0 Å². The third kappa shape index (κ3) is 21.7. The molecule has 0 saturated carbocycles. The number of thioether (sulfide) groups is 1. The van der Waals surface area contributed by atoms with E-state index in [1.54, 1.807) is 59.6 Å². The van der Waals surface area contributed by atoms with Gasteiger partial charge in [0.2, 0.25) is 0 Å². The summed E-state index contributed by atoms with van der Waals surface area (Å²) in [5.41, 5.74) is 10.2. The van der Waals surface area contributed by atoms with Crippen LogP contribution in [0.5, 0.6) is 0 Å². The topological polar surface area (TPSA) is 34.1 Å². The molecule has 0 aliphatic heterocycles. The van der Waals surface area contributed by atoms with E-state index in [2.05, 4.69) is 282 Å². The largest absolute Gasteiger partial charge is 0.255 e. The van der Waals surface area contributed by atoms with Crippen LogP contribution in [0.25, 0.3) is 33.4 Å². The van der Waals surface area contributed by atoms with Crippen LogP contribution in [-0.2, 0) is 43.4 Å². The number of hydrogen-bond donors (Lipinski definition) is 0. The second kappa shape index (κ2) is 35.4. The predicted molar refractivity (Wildman–Crippen MR) is 404 cm³/mol. The Morgan fingerprint density at radius 1 is 0.264 bits per heavy atom. The van der Waals surface area contributed by atoms with Gasteiger partial charge in [-0.2, -0.15) is 0 Å². The lowest BCUT2D eigenvalue weighted by Gasteiger charge is -2.07. The molecule has 0 aliphatic carbocycles. The molecule has 0 amide bonds. The number of benzene rings is 12. The summed E-state index contributed by atoms with van der Waals surface area (Å²) in [6, 6.07) is 107. The molecule has 0 fully saturated rings. The quantitative estimate of drug-likeness (QED) is 0.0664. The van der Waals surface area contributed by atoms with Gasteiger partial charge in [-0.3, -0.25) is 8.42 Å². The highest BCUT2D eigenvalue weighted by molar-refractivity contribution is 8.00. The summed E-state index contributed by atoms with van der Waals surface area (Å²) in [6.45, 7) is 4.25. The second-order valence-corrected chi connectivity index (χ2v) is 33.5. The Kier molecular flexibility index (Phi) is 26.8. The zero-order valence-corrected chi connectivity index (χ0v) is 59.7. The molecule has 11 heteroatoms. The Hall–Kier alpha value is -6.61. The molecule has 0 radical (unpaired) electrons. The summed E-state index contributed by atoms with van der Waals surface area (Å²) in [5, 5.41) is 0. The van der Waals surface area contributed by atoms with E-state index in [1.807, 2.05) is 72.4 Å². The van der Waals surface area contributed by atoms with Crippen LogP contribution < -0.4 is 0 Å². The van der Waals surface area contributed by atoms with Gasteiger partial charge in [0.15, 0.2) is 14.7 Å². The molecule has 0 heterocycles. The number of aryl methyl sites for hydroxylation is 2. The van der Waals surface area contributed by atoms with E-state index in [0.29, 0.717) is 10.9 Å². The number of rotatable bonds is 17. The minimum absolute atomic E-state index is 0.0627. The number of hydrogen-bond acceptors (Lipinski definition) is 7. The summed E-state index contributed by atoms with van der Waals surface area (Å²) in [6.07, 6.45) is 12.3. The molecule has 0 saturated heterocycles. The standard InChI is InChI=1S/C28H28S3.C26H22S3.C14H14O2S3.C12H10/c1-21-5-11-24(12-6-21)29-25-13-19-28(20-14-25)31(4)27-17-9-23(10-18-27)22-7-15-26(16-8-22)30(2)3;1-19-3-9-23(10-4-19)28-25-15-17-26(18-16-25)29-24-13-7-21(8-14-24)20-5-11-22(27-2)12-6-20;1-18(15)13-7-3-11(4-8-13)17-12-5-9-14(10-6-12)19(2)16;1-3-7-11(8-4-1)12-9-5-2-6-10-12/h5-20H,1-4H3;3-18H,1-2H3;3-10H,1-2H3;1-10H/q+2;;;. The van der Waals surface area contributed by atoms with Crippen molar-refractivity contribution < 1.29 is 8.42 Å². The maximum atomic E-state index is 11.3. The highest BCUT2D eigenvalue weighted by Gasteiger charge is 2.20. The fraction of sp³-hybridized carbons (Fsp3) is 0.100.